The monoisotopic (exact) mass is 285 g/mol. The largest absolute Gasteiger partial charge is 0.416 e. The van der Waals surface area contributed by atoms with Crippen LogP contribution in [0.3, 0.4) is 0 Å². The van der Waals surface area contributed by atoms with Gasteiger partial charge in [0, 0.05) is 11.6 Å². The Kier molecular flexibility index (Phi) is 3.71. The first kappa shape index (κ1) is 13.7. The lowest BCUT2D eigenvalue weighted by atomic mass is 9.95. The number of hydrogen-bond acceptors (Lipinski definition) is 3. The molecular formula is C13H10F3NOS. The average Bonchev–Trinajstić information content (AvgIpc) is 2.82. The van der Waals surface area contributed by atoms with Gasteiger partial charge in [-0.3, -0.25) is 4.79 Å². The van der Waals surface area contributed by atoms with E-state index in [0.29, 0.717) is 10.6 Å². The first-order valence-corrected chi connectivity index (χ1v) is 6.34. The van der Waals surface area contributed by atoms with Crippen molar-refractivity contribution in [2.45, 2.75) is 19.0 Å². The van der Waals surface area contributed by atoms with E-state index >= 15 is 0 Å². The topological polar surface area (TPSA) is 30.0 Å². The second-order valence-corrected chi connectivity index (χ2v) is 4.96. The van der Waals surface area contributed by atoms with Crippen LogP contribution in [-0.4, -0.2) is 10.8 Å². The predicted molar refractivity (Wildman–Crippen MR) is 66.1 cm³/mol. The Bertz CT molecular complexity index is 561. The van der Waals surface area contributed by atoms with Gasteiger partial charge in [0.25, 0.3) is 0 Å². The number of carbonyl (C=O) groups is 1. The van der Waals surface area contributed by atoms with Gasteiger partial charge in [0.2, 0.25) is 0 Å². The Hall–Kier alpha value is -1.69. The maximum atomic E-state index is 12.5. The maximum Gasteiger partial charge on any atom is 0.416 e. The van der Waals surface area contributed by atoms with Gasteiger partial charge < -0.3 is 0 Å². The van der Waals surface area contributed by atoms with Crippen LogP contribution in [0.2, 0.25) is 0 Å². The molecule has 0 radical (unpaired) electrons. The molecule has 2 aromatic rings. The lowest BCUT2D eigenvalue weighted by Crippen LogP contribution is -2.11. The Morgan fingerprint density at radius 3 is 2.32 bits per heavy atom. The van der Waals surface area contributed by atoms with Crippen LogP contribution in [0.25, 0.3) is 0 Å². The quantitative estimate of drug-likeness (QED) is 0.856. The molecule has 0 amide bonds. The number of benzene rings is 1. The van der Waals surface area contributed by atoms with Crippen LogP contribution in [0, 0.1) is 0 Å². The number of ketones is 1. The fourth-order valence-corrected chi connectivity index (χ4v) is 2.61. The van der Waals surface area contributed by atoms with Crippen LogP contribution in [0.1, 0.15) is 29.0 Å². The highest BCUT2D eigenvalue weighted by Crippen LogP contribution is 2.32. The summed E-state index contributed by atoms with van der Waals surface area (Å²) in [4.78, 5) is 15.7. The molecule has 19 heavy (non-hydrogen) atoms. The fraction of sp³-hybridized carbons (Fsp3) is 0.231. The van der Waals surface area contributed by atoms with Gasteiger partial charge in [0.05, 0.1) is 11.5 Å². The highest BCUT2D eigenvalue weighted by Gasteiger charge is 2.31. The lowest BCUT2D eigenvalue weighted by molar-refractivity contribution is -0.137. The molecule has 100 valence electrons. The summed E-state index contributed by atoms with van der Waals surface area (Å²) in [5, 5.41) is 2.32. The SMILES string of the molecule is CC(=O)C(c1ccc(C(F)(F)F)cc1)c1nccs1. The highest BCUT2D eigenvalue weighted by atomic mass is 32.1. The molecule has 0 aliphatic rings. The minimum Gasteiger partial charge on any atom is -0.299 e. The van der Waals surface area contributed by atoms with Crippen LogP contribution >= 0.6 is 11.3 Å². The van der Waals surface area contributed by atoms with Gasteiger partial charge in [-0.1, -0.05) is 12.1 Å². The van der Waals surface area contributed by atoms with Crippen LogP contribution in [0.15, 0.2) is 35.8 Å². The van der Waals surface area contributed by atoms with Crippen LogP contribution in [0.5, 0.6) is 0 Å². The summed E-state index contributed by atoms with van der Waals surface area (Å²) in [5.74, 6) is -0.739. The van der Waals surface area contributed by atoms with Crippen LogP contribution < -0.4 is 0 Å². The van der Waals surface area contributed by atoms with Crippen molar-refractivity contribution in [1.82, 2.24) is 4.98 Å². The number of halogens is 3. The predicted octanol–water partition coefficient (Wildman–Crippen LogP) is 3.88. The fourth-order valence-electron chi connectivity index (χ4n) is 1.79. The molecule has 0 saturated heterocycles. The van der Waals surface area contributed by atoms with Gasteiger partial charge in [-0.25, -0.2) is 4.98 Å². The molecule has 1 aromatic heterocycles. The molecular weight excluding hydrogens is 275 g/mol. The van der Waals surface area contributed by atoms with E-state index in [-0.39, 0.29) is 5.78 Å². The number of alkyl halides is 3. The van der Waals surface area contributed by atoms with Crippen LogP contribution in [-0.2, 0) is 11.0 Å². The number of nitrogens with zero attached hydrogens (tertiary/aromatic N) is 1. The summed E-state index contributed by atoms with van der Waals surface area (Å²) in [5.41, 5.74) is -0.201. The smallest absolute Gasteiger partial charge is 0.299 e. The molecule has 0 spiro atoms. The van der Waals surface area contributed by atoms with Gasteiger partial charge in [0.15, 0.2) is 0 Å². The lowest BCUT2D eigenvalue weighted by Gasteiger charge is -2.13. The highest BCUT2D eigenvalue weighted by molar-refractivity contribution is 7.09. The van der Waals surface area contributed by atoms with E-state index in [1.54, 1.807) is 11.6 Å². The zero-order chi connectivity index (χ0) is 14.0. The molecule has 0 saturated carbocycles. The molecule has 0 N–H and O–H groups in total. The first-order valence-electron chi connectivity index (χ1n) is 5.46. The molecule has 1 aromatic carbocycles. The zero-order valence-electron chi connectivity index (χ0n) is 9.94. The second-order valence-electron chi connectivity index (χ2n) is 4.03. The molecule has 1 unspecified atom stereocenters. The average molecular weight is 285 g/mol. The Balaban J connectivity index is 2.37. The van der Waals surface area contributed by atoms with Crippen molar-refractivity contribution in [3.05, 3.63) is 52.0 Å². The van der Waals surface area contributed by atoms with Crippen molar-refractivity contribution < 1.29 is 18.0 Å². The van der Waals surface area contributed by atoms with E-state index in [0.717, 1.165) is 12.1 Å². The Morgan fingerprint density at radius 2 is 1.89 bits per heavy atom. The second kappa shape index (κ2) is 5.13. The number of carbonyl (C=O) groups excluding carboxylic acids is 1. The zero-order valence-corrected chi connectivity index (χ0v) is 10.8. The molecule has 0 fully saturated rings. The van der Waals surface area contributed by atoms with E-state index in [4.69, 9.17) is 0 Å². The molecule has 1 heterocycles. The third kappa shape index (κ3) is 3.01. The number of hydrogen-bond donors (Lipinski definition) is 0. The molecule has 1 atom stereocenters. The minimum absolute atomic E-state index is 0.144. The molecule has 0 aliphatic heterocycles. The van der Waals surface area contributed by atoms with Gasteiger partial charge >= 0.3 is 6.18 Å². The number of aromatic nitrogens is 1. The van der Waals surface area contributed by atoms with E-state index in [9.17, 15) is 18.0 Å². The third-order valence-electron chi connectivity index (χ3n) is 2.68. The Morgan fingerprint density at radius 1 is 1.26 bits per heavy atom. The molecule has 6 heteroatoms. The van der Waals surface area contributed by atoms with Gasteiger partial charge in [0.1, 0.15) is 10.8 Å². The summed E-state index contributed by atoms with van der Waals surface area (Å²) in [6.07, 6.45) is -2.80. The maximum absolute atomic E-state index is 12.5. The van der Waals surface area contributed by atoms with Crippen molar-refractivity contribution in [3.8, 4) is 0 Å². The molecule has 0 bridgehead atoms. The normalized spacial score (nSPS) is 13.3. The number of rotatable bonds is 3. The van der Waals surface area contributed by atoms with Crippen molar-refractivity contribution in [3.63, 3.8) is 0 Å². The summed E-state index contributed by atoms with van der Waals surface area (Å²) in [6.45, 7) is 1.41. The Labute approximate surface area is 111 Å². The van der Waals surface area contributed by atoms with E-state index in [1.165, 1.54) is 30.4 Å². The minimum atomic E-state index is -4.37. The van der Waals surface area contributed by atoms with Gasteiger partial charge in [-0.05, 0) is 24.6 Å². The summed E-state index contributed by atoms with van der Waals surface area (Å²) in [6, 6.07) is 4.63. The van der Waals surface area contributed by atoms with Crippen molar-refractivity contribution >= 4 is 17.1 Å². The summed E-state index contributed by atoms with van der Waals surface area (Å²) >= 11 is 1.31. The molecule has 0 aliphatic carbocycles. The van der Waals surface area contributed by atoms with E-state index < -0.39 is 17.7 Å². The van der Waals surface area contributed by atoms with Crippen molar-refractivity contribution in [2.24, 2.45) is 0 Å². The third-order valence-corrected chi connectivity index (χ3v) is 3.52. The summed E-state index contributed by atoms with van der Waals surface area (Å²) in [7, 11) is 0. The summed E-state index contributed by atoms with van der Waals surface area (Å²) < 4.78 is 37.4. The number of Topliss-reactive ketones (excluding diaryl/α,β-unsaturated/α-hetero) is 1. The van der Waals surface area contributed by atoms with Crippen LogP contribution in [0.4, 0.5) is 13.2 Å². The van der Waals surface area contributed by atoms with Gasteiger partial charge in [-0.2, -0.15) is 13.2 Å². The number of thiazole rings is 1. The standard InChI is InChI=1S/C13H10F3NOS/c1-8(18)11(12-17-6-7-19-12)9-2-4-10(5-3-9)13(14,15)16/h2-7,11H,1H3. The van der Waals surface area contributed by atoms with Gasteiger partial charge in [-0.15, -0.1) is 11.3 Å². The molecule has 2 rings (SSSR count). The first-order chi connectivity index (χ1) is 8.89. The van der Waals surface area contributed by atoms with Crippen molar-refractivity contribution in [2.75, 3.05) is 0 Å². The van der Waals surface area contributed by atoms with E-state index in [1.807, 2.05) is 0 Å². The van der Waals surface area contributed by atoms with Crippen molar-refractivity contribution in [1.29, 1.82) is 0 Å². The molecule has 2 nitrogen and oxygen atoms in total. The van der Waals surface area contributed by atoms with E-state index in [2.05, 4.69) is 4.98 Å².